The van der Waals surface area contributed by atoms with Gasteiger partial charge in [0.1, 0.15) is 11.6 Å². The standard InChI is InChI=1S/C16H21N3O4/c1-16(2,3)23-15(22)18-11-6-4-10(5-7-11)17-12-8-9-13(20)19-14(12)21/h4-7,12,17H,8-9H2,1-3H3,(H,18,22)(H,19,20,21). The highest BCUT2D eigenvalue weighted by Gasteiger charge is 2.26. The van der Waals surface area contributed by atoms with Gasteiger partial charge >= 0.3 is 6.09 Å². The first-order valence-electron chi connectivity index (χ1n) is 7.43. The fourth-order valence-corrected chi connectivity index (χ4v) is 2.10. The molecule has 0 bridgehead atoms. The molecule has 0 spiro atoms. The minimum atomic E-state index is -0.558. The topological polar surface area (TPSA) is 96.5 Å². The molecule has 0 saturated carbocycles. The molecule has 1 aromatic rings. The first-order valence-corrected chi connectivity index (χ1v) is 7.43. The molecule has 3 amide bonds. The Morgan fingerprint density at radius 3 is 2.35 bits per heavy atom. The third-order valence-electron chi connectivity index (χ3n) is 3.11. The fourth-order valence-electron chi connectivity index (χ4n) is 2.10. The van der Waals surface area contributed by atoms with Crippen LogP contribution in [0.5, 0.6) is 0 Å². The SMILES string of the molecule is CC(C)(C)OC(=O)Nc1ccc(NC2CCC(=O)NC2=O)cc1. The Hall–Kier alpha value is -2.57. The van der Waals surface area contributed by atoms with Gasteiger partial charge in [0.05, 0.1) is 0 Å². The molecule has 0 radical (unpaired) electrons. The zero-order valence-electron chi connectivity index (χ0n) is 13.4. The number of piperidine rings is 1. The number of imide groups is 1. The highest BCUT2D eigenvalue weighted by Crippen LogP contribution is 2.18. The van der Waals surface area contributed by atoms with Crippen LogP contribution >= 0.6 is 0 Å². The van der Waals surface area contributed by atoms with E-state index in [9.17, 15) is 14.4 Å². The lowest BCUT2D eigenvalue weighted by Gasteiger charge is -2.23. The Bertz CT molecular complexity index is 605. The maximum Gasteiger partial charge on any atom is 0.412 e. The molecular weight excluding hydrogens is 298 g/mol. The van der Waals surface area contributed by atoms with Crippen LogP contribution in [0.1, 0.15) is 33.6 Å². The predicted molar refractivity (Wildman–Crippen MR) is 86.1 cm³/mol. The lowest BCUT2D eigenvalue weighted by atomic mass is 10.1. The second-order valence-electron chi connectivity index (χ2n) is 6.35. The van der Waals surface area contributed by atoms with E-state index in [1.807, 2.05) is 0 Å². The monoisotopic (exact) mass is 319 g/mol. The maximum absolute atomic E-state index is 11.7. The second-order valence-corrected chi connectivity index (χ2v) is 6.35. The van der Waals surface area contributed by atoms with Crippen molar-refractivity contribution in [3.05, 3.63) is 24.3 Å². The summed E-state index contributed by atoms with van der Waals surface area (Å²) in [5, 5.41) is 7.99. The largest absolute Gasteiger partial charge is 0.444 e. The Balaban J connectivity index is 1.91. The van der Waals surface area contributed by atoms with Crippen LogP contribution in [0.15, 0.2) is 24.3 Å². The van der Waals surface area contributed by atoms with Crippen molar-refractivity contribution in [1.29, 1.82) is 0 Å². The van der Waals surface area contributed by atoms with Gasteiger partial charge in [0.2, 0.25) is 11.8 Å². The van der Waals surface area contributed by atoms with E-state index in [0.717, 1.165) is 5.69 Å². The third-order valence-corrected chi connectivity index (χ3v) is 3.11. The number of carbonyl (C=O) groups is 3. The second kappa shape index (κ2) is 6.68. The lowest BCUT2D eigenvalue weighted by molar-refractivity contribution is -0.133. The normalized spacial score (nSPS) is 18.1. The van der Waals surface area contributed by atoms with Crippen molar-refractivity contribution in [2.75, 3.05) is 10.6 Å². The highest BCUT2D eigenvalue weighted by atomic mass is 16.6. The molecule has 0 aromatic heterocycles. The maximum atomic E-state index is 11.7. The van der Waals surface area contributed by atoms with Crippen molar-refractivity contribution < 1.29 is 19.1 Å². The summed E-state index contributed by atoms with van der Waals surface area (Å²) < 4.78 is 5.17. The van der Waals surface area contributed by atoms with Crippen LogP contribution in [-0.4, -0.2) is 29.6 Å². The van der Waals surface area contributed by atoms with Gasteiger partial charge in [0, 0.05) is 17.8 Å². The fraction of sp³-hybridized carbons (Fsp3) is 0.438. The number of hydrogen-bond acceptors (Lipinski definition) is 5. The average Bonchev–Trinajstić information content (AvgIpc) is 2.42. The van der Waals surface area contributed by atoms with Crippen LogP contribution in [0.25, 0.3) is 0 Å². The molecule has 1 aromatic carbocycles. The van der Waals surface area contributed by atoms with E-state index in [2.05, 4.69) is 16.0 Å². The number of amides is 3. The first-order chi connectivity index (χ1) is 10.7. The number of carbonyl (C=O) groups excluding carboxylic acids is 3. The summed E-state index contributed by atoms with van der Waals surface area (Å²) in [6.07, 6.45) is 0.257. The summed E-state index contributed by atoms with van der Waals surface area (Å²) in [5.74, 6) is -0.567. The molecule has 3 N–H and O–H groups in total. The van der Waals surface area contributed by atoms with Gasteiger partial charge in [-0.15, -0.1) is 0 Å². The number of nitrogens with one attached hydrogen (secondary N) is 3. The van der Waals surface area contributed by atoms with Gasteiger partial charge in [-0.2, -0.15) is 0 Å². The quantitative estimate of drug-likeness (QED) is 0.743. The molecule has 1 saturated heterocycles. The van der Waals surface area contributed by atoms with Gasteiger partial charge in [-0.3, -0.25) is 20.2 Å². The number of hydrogen-bond donors (Lipinski definition) is 3. The molecule has 0 aliphatic carbocycles. The van der Waals surface area contributed by atoms with Crippen LogP contribution in [-0.2, 0) is 14.3 Å². The third kappa shape index (κ3) is 5.28. The van der Waals surface area contributed by atoms with Crippen LogP contribution in [0.2, 0.25) is 0 Å². The molecule has 1 aliphatic rings. The zero-order valence-corrected chi connectivity index (χ0v) is 13.4. The van der Waals surface area contributed by atoms with E-state index in [1.54, 1.807) is 45.0 Å². The Morgan fingerprint density at radius 2 is 1.78 bits per heavy atom. The average molecular weight is 319 g/mol. The molecule has 7 nitrogen and oxygen atoms in total. The number of rotatable bonds is 3. The van der Waals surface area contributed by atoms with E-state index in [4.69, 9.17) is 4.74 Å². The van der Waals surface area contributed by atoms with Gasteiger partial charge < -0.3 is 10.1 Å². The molecule has 7 heteroatoms. The molecule has 1 unspecified atom stereocenters. The van der Waals surface area contributed by atoms with Crippen molar-refractivity contribution in [2.24, 2.45) is 0 Å². The van der Waals surface area contributed by atoms with Crippen molar-refractivity contribution >= 4 is 29.3 Å². The van der Waals surface area contributed by atoms with E-state index in [1.165, 1.54) is 0 Å². The molecule has 1 heterocycles. The molecule has 124 valence electrons. The van der Waals surface area contributed by atoms with E-state index in [0.29, 0.717) is 18.5 Å². The molecule has 1 atom stereocenters. The van der Waals surface area contributed by atoms with E-state index in [-0.39, 0.29) is 11.8 Å². The van der Waals surface area contributed by atoms with Gasteiger partial charge in [-0.05, 0) is 51.5 Å². The molecule has 23 heavy (non-hydrogen) atoms. The van der Waals surface area contributed by atoms with Crippen molar-refractivity contribution in [2.45, 2.75) is 45.3 Å². The highest BCUT2D eigenvalue weighted by molar-refractivity contribution is 6.01. The van der Waals surface area contributed by atoms with E-state index >= 15 is 0 Å². The van der Waals surface area contributed by atoms with Crippen LogP contribution in [0.4, 0.5) is 16.2 Å². The van der Waals surface area contributed by atoms with Gasteiger partial charge in [-0.25, -0.2) is 4.79 Å². The van der Waals surface area contributed by atoms with Gasteiger partial charge in [-0.1, -0.05) is 0 Å². The minimum Gasteiger partial charge on any atom is -0.444 e. The summed E-state index contributed by atoms with van der Waals surface area (Å²) in [6.45, 7) is 5.37. The van der Waals surface area contributed by atoms with E-state index < -0.39 is 17.7 Å². The lowest BCUT2D eigenvalue weighted by Crippen LogP contribution is -2.47. The Morgan fingerprint density at radius 1 is 1.17 bits per heavy atom. The Kier molecular flexibility index (Phi) is 4.88. The molecule has 1 fully saturated rings. The van der Waals surface area contributed by atoms with Crippen LogP contribution < -0.4 is 16.0 Å². The van der Waals surface area contributed by atoms with Crippen LogP contribution in [0.3, 0.4) is 0 Å². The summed E-state index contributed by atoms with van der Waals surface area (Å²) in [5.41, 5.74) is 0.763. The summed E-state index contributed by atoms with van der Waals surface area (Å²) in [7, 11) is 0. The summed E-state index contributed by atoms with van der Waals surface area (Å²) in [6, 6.07) is 6.47. The minimum absolute atomic E-state index is 0.245. The number of anilines is 2. The first kappa shape index (κ1) is 16.8. The van der Waals surface area contributed by atoms with Crippen molar-refractivity contribution in [1.82, 2.24) is 5.32 Å². The number of ether oxygens (including phenoxy) is 1. The van der Waals surface area contributed by atoms with Gasteiger partial charge in [0.15, 0.2) is 0 Å². The molecular formula is C16H21N3O4. The number of benzene rings is 1. The summed E-state index contributed by atoms with van der Waals surface area (Å²) in [4.78, 5) is 34.5. The van der Waals surface area contributed by atoms with Crippen molar-refractivity contribution in [3.8, 4) is 0 Å². The molecule has 2 rings (SSSR count). The Labute approximate surface area is 134 Å². The van der Waals surface area contributed by atoms with Crippen molar-refractivity contribution in [3.63, 3.8) is 0 Å². The predicted octanol–water partition coefficient (Wildman–Crippen LogP) is 2.25. The van der Waals surface area contributed by atoms with Crippen LogP contribution in [0, 0.1) is 0 Å². The summed E-state index contributed by atoms with van der Waals surface area (Å²) >= 11 is 0. The smallest absolute Gasteiger partial charge is 0.412 e. The molecule has 1 aliphatic heterocycles. The zero-order chi connectivity index (χ0) is 17.0. The van der Waals surface area contributed by atoms with Gasteiger partial charge in [0.25, 0.3) is 0 Å².